The van der Waals surface area contributed by atoms with Crippen LogP contribution in [0.4, 0.5) is 0 Å². The van der Waals surface area contributed by atoms with E-state index in [1.54, 1.807) is 0 Å². The number of hydrogen-bond donors (Lipinski definition) is 1. The van der Waals surface area contributed by atoms with E-state index in [9.17, 15) is 0 Å². The zero-order chi connectivity index (χ0) is 16.4. The molecule has 1 N–H and O–H groups in total. The van der Waals surface area contributed by atoms with Gasteiger partial charge >= 0.3 is 0 Å². The Kier molecular flexibility index (Phi) is 3.71. The molecule has 0 aliphatic rings. The highest BCUT2D eigenvalue weighted by Gasteiger charge is 2.08. The van der Waals surface area contributed by atoms with Crippen LogP contribution in [0.2, 0.25) is 0 Å². The van der Waals surface area contributed by atoms with E-state index in [-0.39, 0.29) is 5.49 Å². The Balaban J connectivity index is 1.74. The Morgan fingerprint density at radius 3 is 2.33 bits per heavy atom. The van der Waals surface area contributed by atoms with Gasteiger partial charge in [0.2, 0.25) is 5.78 Å². The summed E-state index contributed by atoms with van der Waals surface area (Å²) in [5.41, 5.74) is 3.66. The SMILES string of the molecule is N=c1cc(-c2ccccc2)n2ccn(CCc3ccccc3)c2n1. The predicted molar refractivity (Wildman–Crippen MR) is 94.6 cm³/mol. The Labute approximate surface area is 140 Å². The van der Waals surface area contributed by atoms with Crippen LogP contribution in [0, 0.1) is 5.41 Å². The first-order valence-electron chi connectivity index (χ1n) is 8.04. The van der Waals surface area contributed by atoms with Gasteiger partial charge in [0.25, 0.3) is 0 Å². The number of imidazole rings is 1. The second-order valence-electron chi connectivity index (χ2n) is 5.79. The topological polar surface area (TPSA) is 46.1 Å². The molecule has 0 saturated carbocycles. The van der Waals surface area contributed by atoms with E-state index < -0.39 is 0 Å². The lowest BCUT2D eigenvalue weighted by Crippen LogP contribution is -2.12. The van der Waals surface area contributed by atoms with E-state index in [4.69, 9.17) is 5.41 Å². The molecule has 118 valence electrons. The summed E-state index contributed by atoms with van der Waals surface area (Å²) < 4.78 is 4.16. The quantitative estimate of drug-likeness (QED) is 0.615. The van der Waals surface area contributed by atoms with E-state index in [1.807, 2.05) is 42.7 Å². The molecule has 24 heavy (non-hydrogen) atoms. The summed E-state index contributed by atoms with van der Waals surface area (Å²) in [7, 11) is 0. The van der Waals surface area contributed by atoms with E-state index in [1.165, 1.54) is 5.56 Å². The fraction of sp³-hybridized carbons (Fsp3) is 0.100. The summed E-state index contributed by atoms with van der Waals surface area (Å²) in [6.45, 7) is 0.838. The number of aromatic nitrogens is 3. The number of fused-ring (bicyclic) bond motifs is 1. The molecule has 0 spiro atoms. The number of nitrogens with zero attached hydrogens (tertiary/aromatic N) is 3. The molecule has 2 heterocycles. The fourth-order valence-electron chi connectivity index (χ4n) is 2.96. The highest BCUT2D eigenvalue weighted by atomic mass is 15.2. The van der Waals surface area contributed by atoms with Crippen molar-refractivity contribution in [1.82, 2.24) is 14.0 Å². The second kappa shape index (κ2) is 6.16. The minimum atomic E-state index is 0.286. The lowest BCUT2D eigenvalue weighted by molar-refractivity contribution is 0.707. The maximum absolute atomic E-state index is 8.06. The minimum absolute atomic E-state index is 0.286. The molecule has 0 fully saturated rings. The van der Waals surface area contributed by atoms with Crippen LogP contribution in [0.5, 0.6) is 0 Å². The first kappa shape index (κ1) is 14.5. The molecule has 4 nitrogen and oxygen atoms in total. The van der Waals surface area contributed by atoms with E-state index in [2.05, 4.69) is 50.3 Å². The molecule has 2 aromatic heterocycles. The van der Waals surface area contributed by atoms with E-state index in [0.717, 1.165) is 30.0 Å². The average Bonchev–Trinajstić information content (AvgIpc) is 3.03. The maximum atomic E-state index is 8.06. The Morgan fingerprint density at radius 1 is 0.875 bits per heavy atom. The second-order valence-corrected chi connectivity index (χ2v) is 5.79. The van der Waals surface area contributed by atoms with Crippen molar-refractivity contribution in [2.24, 2.45) is 0 Å². The molecule has 0 amide bonds. The van der Waals surface area contributed by atoms with Crippen molar-refractivity contribution in [1.29, 1.82) is 5.41 Å². The van der Waals surface area contributed by atoms with Gasteiger partial charge in [-0.3, -0.25) is 9.81 Å². The Hall–Kier alpha value is -3.14. The molecule has 4 aromatic rings. The van der Waals surface area contributed by atoms with Gasteiger partial charge in [0.1, 0.15) is 0 Å². The average molecular weight is 314 g/mol. The van der Waals surface area contributed by atoms with Crippen molar-refractivity contribution in [2.45, 2.75) is 13.0 Å². The highest BCUT2D eigenvalue weighted by Crippen LogP contribution is 2.18. The molecule has 4 rings (SSSR count). The van der Waals surface area contributed by atoms with Gasteiger partial charge in [0.05, 0.1) is 5.69 Å². The normalized spacial score (nSPS) is 11.0. The minimum Gasteiger partial charge on any atom is -0.316 e. The van der Waals surface area contributed by atoms with Gasteiger partial charge in [-0.15, -0.1) is 0 Å². The highest BCUT2D eigenvalue weighted by molar-refractivity contribution is 5.61. The zero-order valence-corrected chi connectivity index (χ0v) is 13.3. The van der Waals surface area contributed by atoms with Crippen molar-refractivity contribution < 1.29 is 0 Å². The number of nitrogens with one attached hydrogen (secondary N) is 1. The smallest absolute Gasteiger partial charge is 0.216 e. The summed E-state index contributed by atoms with van der Waals surface area (Å²) in [4.78, 5) is 4.43. The Bertz CT molecular complexity index is 1010. The molecular weight excluding hydrogens is 296 g/mol. The summed E-state index contributed by atoms with van der Waals surface area (Å²) in [5, 5.41) is 8.06. The van der Waals surface area contributed by atoms with Gasteiger partial charge in [-0.05, 0) is 17.5 Å². The van der Waals surface area contributed by atoms with Gasteiger partial charge in [0, 0.05) is 25.0 Å². The number of hydrogen-bond acceptors (Lipinski definition) is 2. The summed E-state index contributed by atoms with van der Waals surface area (Å²) in [6, 6.07) is 22.4. The molecule has 2 aromatic carbocycles. The summed E-state index contributed by atoms with van der Waals surface area (Å²) in [5.74, 6) is 0.803. The predicted octanol–water partition coefficient (Wildman–Crippen LogP) is 3.52. The molecular formula is C20H18N4. The first-order chi connectivity index (χ1) is 11.8. The van der Waals surface area contributed by atoms with Crippen molar-refractivity contribution in [3.05, 3.63) is 90.2 Å². The van der Waals surface area contributed by atoms with Crippen LogP contribution in [-0.4, -0.2) is 14.0 Å². The lowest BCUT2D eigenvalue weighted by Gasteiger charge is -2.08. The van der Waals surface area contributed by atoms with Crippen molar-refractivity contribution in [3.63, 3.8) is 0 Å². The molecule has 0 bridgehead atoms. The molecule has 0 aliphatic carbocycles. The van der Waals surface area contributed by atoms with Crippen LogP contribution in [0.1, 0.15) is 5.56 Å². The Morgan fingerprint density at radius 2 is 1.58 bits per heavy atom. The van der Waals surface area contributed by atoms with Gasteiger partial charge in [0.15, 0.2) is 5.49 Å². The van der Waals surface area contributed by atoms with E-state index >= 15 is 0 Å². The number of rotatable bonds is 4. The van der Waals surface area contributed by atoms with Crippen LogP contribution in [0.3, 0.4) is 0 Å². The summed E-state index contributed by atoms with van der Waals surface area (Å²) in [6.07, 6.45) is 5.00. The van der Waals surface area contributed by atoms with Crippen molar-refractivity contribution in [2.75, 3.05) is 0 Å². The number of benzene rings is 2. The molecule has 0 saturated heterocycles. The van der Waals surface area contributed by atoms with Gasteiger partial charge < -0.3 is 4.57 Å². The monoisotopic (exact) mass is 314 g/mol. The zero-order valence-electron chi connectivity index (χ0n) is 13.3. The third-order valence-corrected chi connectivity index (χ3v) is 4.18. The lowest BCUT2D eigenvalue weighted by atomic mass is 10.1. The summed E-state index contributed by atoms with van der Waals surface area (Å²) >= 11 is 0. The molecule has 0 atom stereocenters. The van der Waals surface area contributed by atoms with Crippen LogP contribution >= 0.6 is 0 Å². The molecule has 4 heteroatoms. The van der Waals surface area contributed by atoms with Crippen LogP contribution in [0.15, 0.2) is 79.1 Å². The first-order valence-corrected chi connectivity index (χ1v) is 8.04. The van der Waals surface area contributed by atoms with Gasteiger partial charge in [-0.1, -0.05) is 60.7 Å². The molecule has 0 unspecified atom stereocenters. The third-order valence-electron chi connectivity index (χ3n) is 4.18. The maximum Gasteiger partial charge on any atom is 0.216 e. The van der Waals surface area contributed by atoms with Gasteiger partial charge in [-0.25, -0.2) is 0 Å². The van der Waals surface area contributed by atoms with Gasteiger partial charge in [-0.2, -0.15) is 4.98 Å². The molecule has 0 radical (unpaired) electrons. The molecule has 0 aliphatic heterocycles. The van der Waals surface area contributed by atoms with Crippen LogP contribution < -0.4 is 5.49 Å². The standard InChI is InChI=1S/C20H18N4/c21-19-15-18(17-9-5-2-6-10-17)24-14-13-23(20(24)22-19)12-11-16-7-3-1-4-8-16/h1-10,13-15,21H,11-12H2. The van der Waals surface area contributed by atoms with Crippen LogP contribution in [0.25, 0.3) is 17.0 Å². The van der Waals surface area contributed by atoms with Crippen LogP contribution in [-0.2, 0) is 13.0 Å². The van der Waals surface area contributed by atoms with Crippen molar-refractivity contribution in [3.8, 4) is 11.3 Å². The van der Waals surface area contributed by atoms with E-state index in [0.29, 0.717) is 0 Å². The number of aryl methyl sites for hydroxylation is 2. The fourth-order valence-corrected chi connectivity index (χ4v) is 2.96. The largest absolute Gasteiger partial charge is 0.316 e. The van der Waals surface area contributed by atoms with Crippen molar-refractivity contribution >= 4 is 5.78 Å². The third kappa shape index (κ3) is 2.74.